The molecule has 1 aliphatic heterocycles. The molecule has 0 saturated carbocycles. The Kier molecular flexibility index (Phi) is 5.01. The van der Waals surface area contributed by atoms with Gasteiger partial charge in [0.25, 0.3) is 5.91 Å². The molecule has 2 heterocycles. The molecule has 3 aromatic rings. The first-order chi connectivity index (χ1) is 13.5. The van der Waals surface area contributed by atoms with Crippen molar-refractivity contribution in [3.05, 3.63) is 76.4 Å². The third-order valence-corrected chi connectivity index (χ3v) is 5.09. The van der Waals surface area contributed by atoms with Gasteiger partial charge in [0.1, 0.15) is 5.82 Å². The molecule has 0 unspecified atom stereocenters. The number of hydrogen-bond acceptors (Lipinski definition) is 4. The molecule has 0 atom stereocenters. The Morgan fingerprint density at radius 3 is 2.57 bits per heavy atom. The molecule has 4 rings (SSSR count). The fourth-order valence-corrected chi connectivity index (χ4v) is 3.65. The predicted octanol–water partition coefficient (Wildman–Crippen LogP) is 4.06. The summed E-state index contributed by atoms with van der Waals surface area (Å²) < 4.78 is 0. The predicted molar refractivity (Wildman–Crippen MR) is 112 cm³/mol. The maximum Gasteiger partial charge on any atom is 0.254 e. The number of fused-ring (bicyclic) bond motifs is 1. The zero-order valence-electron chi connectivity index (χ0n) is 15.9. The van der Waals surface area contributed by atoms with Crippen molar-refractivity contribution >= 4 is 23.3 Å². The number of amides is 1. The van der Waals surface area contributed by atoms with Crippen LogP contribution in [-0.4, -0.2) is 41.4 Å². The molecule has 1 aliphatic rings. The molecule has 2 aromatic carbocycles. The molecule has 1 aromatic heterocycles. The van der Waals surface area contributed by atoms with Crippen molar-refractivity contribution in [3.8, 4) is 11.4 Å². The molecule has 0 N–H and O–H groups in total. The van der Waals surface area contributed by atoms with Gasteiger partial charge in [0.15, 0.2) is 5.82 Å². The minimum atomic E-state index is -0.0232. The number of benzene rings is 2. The summed E-state index contributed by atoms with van der Waals surface area (Å²) >= 11 is 6.05. The van der Waals surface area contributed by atoms with Crippen LogP contribution in [0.25, 0.3) is 11.4 Å². The second kappa shape index (κ2) is 7.60. The molecule has 142 valence electrons. The second-order valence-electron chi connectivity index (χ2n) is 7.04. The Morgan fingerprint density at radius 2 is 1.86 bits per heavy atom. The summed E-state index contributed by atoms with van der Waals surface area (Å²) in [4.78, 5) is 26.4. The molecule has 0 fully saturated rings. The van der Waals surface area contributed by atoms with Crippen molar-refractivity contribution in [2.75, 3.05) is 25.5 Å². The van der Waals surface area contributed by atoms with Gasteiger partial charge in [-0.15, -0.1) is 0 Å². The van der Waals surface area contributed by atoms with Crippen LogP contribution in [0.1, 0.15) is 21.6 Å². The van der Waals surface area contributed by atoms with Crippen LogP contribution in [-0.2, 0) is 13.0 Å². The first kappa shape index (κ1) is 18.4. The topological polar surface area (TPSA) is 49.3 Å². The number of nitrogens with zero attached hydrogens (tertiary/aromatic N) is 4. The Hall–Kier alpha value is -2.92. The van der Waals surface area contributed by atoms with Gasteiger partial charge in [-0.3, -0.25) is 4.79 Å². The van der Waals surface area contributed by atoms with Crippen LogP contribution >= 0.6 is 11.6 Å². The highest BCUT2D eigenvalue weighted by Crippen LogP contribution is 2.29. The van der Waals surface area contributed by atoms with E-state index in [0.717, 1.165) is 28.5 Å². The van der Waals surface area contributed by atoms with E-state index in [9.17, 15) is 4.79 Å². The van der Waals surface area contributed by atoms with E-state index in [2.05, 4.69) is 0 Å². The average molecular weight is 393 g/mol. The SMILES string of the molecule is CN(C)c1nc(-c2ccccc2)nc2c1CN(C(=O)c1cccc(Cl)c1)CC2. The van der Waals surface area contributed by atoms with Gasteiger partial charge in [-0.25, -0.2) is 9.97 Å². The fourth-order valence-electron chi connectivity index (χ4n) is 3.46. The van der Waals surface area contributed by atoms with E-state index in [1.165, 1.54) is 0 Å². The maximum absolute atomic E-state index is 12.9. The molecule has 0 aliphatic carbocycles. The summed E-state index contributed by atoms with van der Waals surface area (Å²) in [6.07, 6.45) is 0.699. The first-order valence-corrected chi connectivity index (χ1v) is 9.58. The number of anilines is 1. The second-order valence-corrected chi connectivity index (χ2v) is 7.48. The molecule has 0 spiro atoms. The van der Waals surface area contributed by atoms with E-state index in [-0.39, 0.29) is 5.91 Å². The van der Waals surface area contributed by atoms with Gasteiger partial charge >= 0.3 is 0 Å². The van der Waals surface area contributed by atoms with Crippen LogP contribution in [0, 0.1) is 0 Å². The van der Waals surface area contributed by atoms with Gasteiger partial charge in [0, 0.05) is 48.8 Å². The van der Waals surface area contributed by atoms with Crippen molar-refractivity contribution in [2.24, 2.45) is 0 Å². The Labute approximate surface area is 169 Å². The van der Waals surface area contributed by atoms with Gasteiger partial charge < -0.3 is 9.80 Å². The lowest BCUT2D eigenvalue weighted by molar-refractivity contribution is 0.0733. The zero-order valence-corrected chi connectivity index (χ0v) is 16.6. The van der Waals surface area contributed by atoms with Crippen molar-refractivity contribution in [3.63, 3.8) is 0 Å². The van der Waals surface area contributed by atoms with E-state index in [1.807, 2.05) is 54.2 Å². The van der Waals surface area contributed by atoms with Gasteiger partial charge in [-0.1, -0.05) is 48.0 Å². The number of rotatable bonds is 3. The van der Waals surface area contributed by atoms with E-state index in [0.29, 0.717) is 30.1 Å². The summed E-state index contributed by atoms with van der Waals surface area (Å²) in [6, 6.07) is 17.1. The van der Waals surface area contributed by atoms with Crippen molar-refractivity contribution < 1.29 is 4.79 Å². The van der Waals surface area contributed by atoms with E-state index >= 15 is 0 Å². The van der Waals surface area contributed by atoms with Crippen molar-refractivity contribution in [1.82, 2.24) is 14.9 Å². The lowest BCUT2D eigenvalue weighted by Gasteiger charge is -2.31. The average Bonchev–Trinajstić information content (AvgIpc) is 2.72. The normalized spacial score (nSPS) is 13.2. The first-order valence-electron chi connectivity index (χ1n) is 9.20. The highest BCUT2D eigenvalue weighted by molar-refractivity contribution is 6.30. The monoisotopic (exact) mass is 392 g/mol. The summed E-state index contributed by atoms with van der Waals surface area (Å²) in [5.74, 6) is 1.55. The van der Waals surface area contributed by atoms with Crippen LogP contribution in [0.5, 0.6) is 0 Å². The van der Waals surface area contributed by atoms with Crippen LogP contribution in [0.15, 0.2) is 54.6 Å². The molecule has 0 bridgehead atoms. The number of hydrogen-bond donors (Lipinski definition) is 0. The minimum absolute atomic E-state index is 0.0232. The van der Waals surface area contributed by atoms with Crippen LogP contribution in [0.3, 0.4) is 0 Å². The molecular formula is C22H21ClN4O. The van der Waals surface area contributed by atoms with Crippen LogP contribution in [0.2, 0.25) is 5.02 Å². The smallest absolute Gasteiger partial charge is 0.254 e. The molecular weight excluding hydrogens is 372 g/mol. The summed E-state index contributed by atoms with van der Waals surface area (Å²) in [6.45, 7) is 1.11. The molecule has 0 saturated heterocycles. The standard InChI is InChI=1S/C22H21ClN4O/c1-26(2)21-18-14-27(22(28)16-9-6-10-17(23)13-16)12-11-19(18)24-20(25-21)15-7-4-3-5-8-15/h3-10,13H,11-12,14H2,1-2H3. The highest BCUT2D eigenvalue weighted by Gasteiger charge is 2.27. The van der Waals surface area contributed by atoms with E-state index < -0.39 is 0 Å². The van der Waals surface area contributed by atoms with Gasteiger partial charge in [-0.05, 0) is 18.2 Å². The number of halogens is 1. The molecule has 6 heteroatoms. The van der Waals surface area contributed by atoms with Crippen LogP contribution < -0.4 is 4.90 Å². The van der Waals surface area contributed by atoms with Gasteiger partial charge in [0.05, 0.1) is 12.2 Å². The van der Waals surface area contributed by atoms with E-state index in [1.54, 1.807) is 24.3 Å². The Balaban J connectivity index is 1.69. The van der Waals surface area contributed by atoms with E-state index in [4.69, 9.17) is 21.6 Å². The summed E-state index contributed by atoms with van der Waals surface area (Å²) in [7, 11) is 3.93. The highest BCUT2D eigenvalue weighted by atomic mass is 35.5. The Morgan fingerprint density at radius 1 is 1.07 bits per heavy atom. The van der Waals surface area contributed by atoms with Gasteiger partial charge in [0.2, 0.25) is 0 Å². The largest absolute Gasteiger partial charge is 0.362 e. The molecule has 1 amide bonds. The number of aromatic nitrogens is 2. The van der Waals surface area contributed by atoms with Crippen LogP contribution in [0.4, 0.5) is 5.82 Å². The minimum Gasteiger partial charge on any atom is -0.362 e. The quantitative estimate of drug-likeness (QED) is 0.674. The third kappa shape index (κ3) is 3.58. The lowest BCUT2D eigenvalue weighted by atomic mass is 10.0. The van der Waals surface area contributed by atoms with Crippen molar-refractivity contribution in [1.29, 1.82) is 0 Å². The fraction of sp³-hybridized carbons (Fsp3) is 0.227. The third-order valence-electron chi connectivity index (χ3n) is 4.85. The number of carbonyl (C=O) groups is 1. The van der Waals surface area contributed by atoms with Crippen molar-refractivity contribution in [2.45, 2.75) is 13.0 Å². The Bertz CT molecular complexity index is 1020. The lowest BCUT2D eigenvalue weighted by Crippen LogP contribution is -2.37. The van der Waals surface area contributed by atoms with Gasteiger partial charge in [-0.2, -0.15) is 0 Å². The molecule has 5 nitrogen and oxygen atoms in total. The molecule has 28 heavy (non-hydrogen) atoms. The summed E-state index contributed by atoms with van der Waals surface area (Å²) in [5.41, 5.74) is 3.61. The summed E-state index contributed by atoms with van der Waals surface area (Å²) in [5, 5.41) is 0.563. The zero-order chi connectivity index (χ0) is 19.7. The maximum atomic E-state index is 12.9. The molecule has 0 radical (unpaired) electrons. The number of carbonyl (C=O) groups excluding carboxylic acids is 1.